The molecule has 1 aliphatic rings. The Bertz CT molecular complexity index is 597. The fourth-order valence-corrected chi connectivity index (χ4v) is 2.59. The van der Waals surface area contributed by atoms with Gasteiger partial charge in [-0.1, -0.05) is 27.7 Å². The van der Waals surface area contributed by atoms with Gasteiger partial charge in [-0.25, -0.2) is 4.79 Å². The summed E-state index contributed by atoms with van der Waals surface area (Å²) in [5.41, 5.74) is 0.825. The van der Waals surface area contributed by atoms with E-state index in [2.05, 4.69) is 17.1 Å². The maximum Gasteiger partial charge on any atom is 0.337 e. The van der Waals surface area contributed by atoms with Crippen molar-refractivity contribution in [1.29, 1.82) is 0 Å². The van der Waals surface area contributed by atoms with Crippen LogP contribution in [0.15, 0.2) is 18.2 Å². The Morgan fingerprint density at radius 2 is 1.83 bits per heavy atom. The first-order chi connectivity index (χ1) is 10.7. The van der Waals surface area contributed by atoms with Crippen LogP contribution < -0.4 is 10.2 Å². The van der Waals surface area contributed by atoms with Gasteiger partial charge in [-0.05, 0) is 37.0 Å². The first-order valence-electron chi connectivity index (χ1n) is 8.12. The van der Waals surface area contributed by atoms with Crippen molar-refractivity contribution >= 4 is 23.3 Å². The summed E-state index contributed by atoms with van der Waals surface area (Å²) in [6.45, 7) is 9.51. The minimum atomic E-state index is -1.03. The van der Waals surface area contributed by atoms with E-state index in [4.69, 9.17) is 0 Å². The lowest BCUT2D eigenvalue weighted by atomic mass is 9.95. The number of benzene rings is 1. The lowest BCUT2D eigenvalue weighted by Gasteiger charge is -2.32. The van der Waals surface area contributed by atoms with Gasteiger partial charge in [0.2, 0.25) is 5.91 Å². The van der Waals surface area contributed by atoms with Gasteiger partial charge in [0.1, 0.15) is 0 Å². The average Bonchev–Trinajstić information content (AvgIpc) is 2.47. The third-order valence-electron chi connectivity index (χ3n) is 4.31. The van der Waals surface area contributed by atoms with Crippen molar-refractivity contribution in [2.45, 2.75) is 40.5 Å². The first kappa shape index (κ1) is 17.3. The number of piperidine rings is 1. The summed E-state index contributed by atoms with van der Waals surface area (Å²) in [5.74, 6) is -0.503. The molecular weight excluding hydrogens is 292 g/mol. The Balaban J connectivity index is 2.25. The van der Waals surface area contributed by atoms with Gasteiger partial charge in [0, 0.05) is 24.2 Å². The summed E-state index contributed by atoms with van der Waals surface area (Å²) in [5, 5.41) is 12.2. The second-order valence-electron chi connectivity index (χ2n) is 7.41. The maximum absolute atomic E-state index is 12.1. The molecule has 126 valence electrons. The number of rotatable bonds is 3. The third-order valence-corrected chi connectivity index (χ3v) is 4.31. The molecule has 0 aliphatic carbocycles. The molecule has 0 bridgehead atoms. The molecule has 1 heterocycles. The van der Waals surface area contributed by atoms with Gasteiger partial charge in [0.25, 0.3) is 0 Å². The Morgan fingerprint density at radius 1 is 1.22 bits per heavy atom. The van der Waals surface area contributed by atoms with Crippen LogP contribution in [-0.4, -0.2) is 30.1 Å². The summed E-state index contributed by atoms with van der Waals surface area (Å²) < 4.78 is 0. The van der Waals surface area contributed by atoms with Crippen molar-refractivity contribution in [2.75, 3.05) is 23.3 Å². The minimum absolute atomic E-state index is 0.138. The smallest absolute Gasteiger partial charge is 0.337 e. The topological polar surface area (TPSA) is 69.6 Å². The van der Waals surface area contributed by atoms with E-state index in [0.717, 1.165) is 37.5 Å². The van der Waals surface area contributed by atoms with Crippen molar-refractivity contribution in [3.63, 3.8) is 0 Å². The molecule has 5 heteroatoms. The molecule has 1 fully saturated rings. The number of amides is 1. The van der Waals surface area contributed by atoms with Crippen molar-refractivity contribution < 1.29 is 14.7 Å². The van der Waals surface area contributed by atoms with E-state index >= 15 is 0 Å². The SMILES string of the molecule is CC1CCN(c2ccc(NC(=O)C(C)(C)C)c(C(=O)O)c2)CC1. The summed E-state index contributed by atoms with van der Waals surface area (Å²) in [6, 6.07) is 5.25. The van der Waals surface area contributed by atoms with Gasteiger partial charge in [0.15, 0.2) is 0 Å². The fraction of sp³-hybridized carbons (Fsp3) is 0.556. The van der Waals surface area contributed by atoms with E-state index in [1.165, 1.54) is 0 Å². The van der Waals surface area contributed by atoms with Crippen LogP contribution in [0.1, 0.15) is 50.9 Å². The second-order valence-corrected chi connectivity index (χ2v) is 7.41. The highest BCUT2D eigenvalue weighted by atomic mass is 16.4. The van der Waals surface area contributed by atoms with Crippen molar-refractivity contribution in [2.24, 2.45) is 11.3 Å². The highest BCUT2D eigenvalue weighted by Gasteiger charge is 2.24. The van der Waals surface area contributed by atoms with Gasteiger partial charge in [-0.15, -0.1) is 0 Å². The predicted molar refractivity (Wildman–Crippen MR) is 92.1 cm³/mol. The fourth-order valence-electron chi connectivity index (χ4n) is 2.59. The molecule has 0 aromatic heterocycles. The molecule has 0 unspecified atom stereocenters. The number of carboxylic acid groups (broad SMARTS) is 1. The zero-order valence-electron chi connectivity index (χ0n) is 14.3. The van der Waals surface area contributed by atoms with E-state index in [-0.39, 0.29) is 11.5 Å². The Morgan fingerprint density at radius 3 is 2.35 bits per heavy atom. The van der Waals surface area contributed by atoms with Crippen molar-refractivity contribution in [1.82, 2.24) is 0 Å². The molecule has 5 nitrogen and oxygen atoms in total. The molecule has 0 radical (unpaired) electrons. The number of carbonyl (C=O) groups is 2. The van der Waals surface area contributed by atoms with E-state index in [9.17, 15) is 14.7 Å². The Hall–Kier alpha value is -2.04. The van der Waals surface area contributed by atoms with Crippen LogP contribution in [0.4, 0.5) is 11.4 Å². The minimum Gasteiger partial charge on any atom is -0.478 e. The van der Waals surface area contributed by atoms with Crippen LogP contribution in [0.25, 0.3) is 0 Å². The summed E-state index contributed by atoms with van der Waals surface area (Å²) in [6.07, 6.45) is 2.23. The van der Waals surface area contributed by atoms with Crippen LogP contribution >= 0.6 is 0 Å². The standard InChI is InChI=1S/C18H26N2O3/c1-12-7-9-20(10-8-12)13-5-6-15(14(11-13)16(21)22)19-17(23)18(2,3)4/h5-6,11-12H,7-10H2,1-4H3,(H,19,23)(H,21,22). The second kappa shape index (κ2) is 6.60. The predicted octanol–water partition coefficient (Wildman–Crippen LogP) is 3.61. The Kier molecular flexibility index (Phi) is 4.97. The normalized spacial score (nSPS) is 16.3. The van der Waals surface area contributed by atoms with Crippen LogP contribution in [-0.2, 0) is 4.79 Å². The van der Waals surface area contributed by atoms with E-state index in [0.29, 0.717) is 5.69 Å². The molecule has 1 aromatic rings. The van der Waals surface area contributed by atoms with Crippen LogP contribution in [0.5, 0.6) is 0 Å². The van der Waals surface area contributed by atoms with Crippen LogP contribution in [0, 0.1) is 11.3 Å². The highest BCUT2D eigenvalue weighted by molar-refractivity contribution is 6.02. The van der Waals surface area contributed by atoms with Gasteiger partial charge in [-0.2, -0.15) is 0 Å². The van der Waals surface area contributed by atoms with Crippen molar-refractivity contribution in [3.05, 3.63) is 23.8 Å². The quantitative estimate of drug-likeness (QED) is 0.893. The summed E-state index contributed by atoms with van der Waals surface area (Å²) in [7, 11) is 0. The molecule has 2 rings (SSSR count). The molecule has 1 amide bonds. The molecular formula is C18H26N2O3. The zero-order chi connectivity index (χ0) is 17.2. The number of aromatic carboxylic acids is 1. The maximum atomic E-state index is 12.1. The number of anilines is 2. The first-order valence-corrected chi connectivity index (χ1v) is 8.12. The molecule has 0 spiro atoms. The number of hydrogen-bond acceptors (Lipinski definition) is 3. The van der Waals surface area contributed by atoms with Gasteiger partial charge >= 0.3 is 5.97 Å². The van der Waals surface area contributed by atoms with E-state index in [1.807, 2.05) is 6.07 Å². The Labute approximate surface area is 137 Å². The third kappa shape index (κ3) is 4.24. The summed E-state index contributed by atoms with van der Waals surface area (Å²) in [4.78, 5) is 25.9. The number of carbonyl (C=O) groups excluding carboxylic acids is 1. The largest absolute Gasteiger partial charge is 0.478 e. The van der Waals surface area contributed by atoms with Gasteiger partial charge in [-0.3, -0.25) is 4.79 Å². The monoisotopic (exact) mass is 318 g/mol. The van der Waals surface area contributed by atoms with E-state index < -0.39 is 11.4 Å². The number of nitrogens with zero attached hydrogens (tertiary/aromatic N) is 1. The number of nitrogens with one attached hydrogen (secondary N) is 1. The average molecular weight is 318 g/mol. The molecule has 1 aliphatic heterocycles. The van der Waals surface area contributed by atoms with Crippen molar-refractivity contribution in [3.8, 4) is 0 Å². The summed E-state index contributed by atoms with van der Waals surface area (Å²) >= 11 is 0. The molecule has 0 saturated carbocycles. The van der Waals surface area contributed by atoms with Gasteiger partial charge in [0.05, 0.1) is 11.3 Å². The van der Waals surface area contributed by atoms with Gasteiger partial charge < -0.3 is 15.3 Å². The molecule has 0 atom stereocenters. The lowest BCUT2D eigenvalue weighted by Crippen LogP contribution is -2.33. The van der Waals surface area contributed by atoms with Crippen LogP contribution in [0.3, 0.4) is 0 Å². The highest BCUT2D eigenvalue weighted by Crippen LogP contribution is 2.28. The zero-order valence-corrected chi connectivity index (χ0v) is 14.3. The van der Waals surface area contributed by atoms with Crippen LogP contribution in [0.2, 0.25) is 0 Å². The number of hydrogen-bond donors (Lipinski definition) is 2. The number of carboxylic acids is 1. The van der Waals surface area contributed by atoms with E-state index in [1.54, 1.807) is 32.9 Å². The lowest BCUT2D eigenvalue weighted by molar-refractivity contribution is -0.123. The molecule has 1 aromatic carbocycles. The molecule has 1 saturated heterocycles. The molecule has 23 heavy (non-hydrogen) atoms. The molecule has 2 N–H and O–H groups in total.